The first-order chi connectivity index (χ1) is 9.60. The highest BCUT2D eigenvalue weighted by atomic mass is 35.5. The number of likely N-dealkylation sites (N-methyl/N-ethyl adjacent to an activating group) is 1. The van der Waals surface area contributed by atoms with Crippen LogP contribution in [0.25, 0.3) is 0 Å². The Morgan fingerprint density at radius 2 is 2.20 bits per heavy atom. The summed E-state index contributed by atoms with van der Waals surface area (Å²) in [5.41, 5.74) is 7.33. The number of benzene rings is 1. The summed E-state index contributed by atoms with van der Waals surface area (Å²) in [6, 6.07) is 8.62. The molecule has 0 amide bonds. The lowest BCUT2D eigenvalue weighted by molar-refractivity contribution is 0.125. The van der Waals surface area contributed by atoms with Gasteiger partial charge in [0.05, 0.1) is 0 Å². The lowest BCUT2D eigenvalue weighted by Gasteiger charge is -2.38. The number of hydrogen-bond donors (Lipinski definition) is 1. The maximum atomic E-state index is 6.07. The van der Waals surface area contributed by atoms with Crippen molar-refractivity contribution in [1.82, 2.24) is 4.90 Å². The monoisotopic (exact) mass is 294 g/mol. The number of rotatable bonds is 5. The van der Waals surface area contributed by atoms with Gasteiger partial charge in [0, 0.05) is 24.2 Å². The molecule has 1 aliphatic carbocycles. The number of halogens is 1. The summed E-state index contributed by atoms with van der Waals surface area (Å²) in [4.78, 5) is 2.41. The van der Waals surface area contributed by atoms with Gasteiger partial charge in [0.2, 0.25) is 0 Å². The first-order valence-electron chi connectivity index (χ1n) is 7.75. The Kier molecular flexibility index (Phi) is 5.88. The number of nitrogens with two attached hydrogens (primary N) is 1. The zero-order valence-corrected chi connectivity index (χ0v) is 13.4. The van der Waals surface area contributed by atoms with Gasteiger partial charge in [0.25, 0.3) is 0 Å². The fourth-order valence-corrected chi connectivity index (χ4v) is 3.82. The van der Waals surface area contributed by atoms with Crippen molar-refractivity contribution >= 4 is 11.6 Å². The van der Waals surface area contributed by atoms with Gasteiger partial charge in [-0.1, -0.05) is 43.5 Å². The third-order valence-electron chi connectivity index (χ3n) is 4.65. The lowest BCUT2D eigenvalue weighted by atomic mass is 9.78. The van der Waals surface area contributed by atoms with Crippen LogP contribution < -0.4 is 5.73 Å². The minimum atomic E-state index is 0.483. The van der Waals surface area contributed by atoms with Crippen molar-refractivity contribution in [1.29, 1.82) is 0 Å². The molecule has 2 rings (SSSR count). The molecule has 1 aliphatic rings. The zero-order chi connectivity index (χ0) is 14.5. The Bertz CT molecular complexity index is 421. The van der Waals surface area contributed by atoms with Crippen LogP contribution >= 0.6 is 11.6 Å². The first-order valence-corrected chi connectivity index (χ1v) is 8.12. The van der Waals surface area contributed by atoms with E-state index in [1.54, 1.807) is 0 Å². The lowest BCUT2D eigenvalue weighted by Crippen LogP contribution is -2.44. The molecular weight excluding hydrogens is 268 g/mol. The smallest absolute Gasteiger partial charge is 0.0409 e. The molecule has 112 valence electrons. The molecule has 0 aliphatic heterocycles. The van der Waals surface area contributed by atoms with Gasteiger partial charge in [-0.2, -0.15) is 0 Å². The molecule has 1 aromatic carbocycles. The highest BCUT2D eigenvalue weighted by Crippen LogP contribution is 2.32. The molecule has 0 heterocycles. The Morgan fingerprint density at radius 3 is 2.85 bits per heavy atom. The normalized spacial score (nSPS) is 24.9. The quantitative estimate of drug-likeness (QED) is 0.892. The first kappa shape index (κ1) is 15.8. The van der Waals surface area contributed by atoms with Crippen LogP contribution in [0.1, 0.15) is 38.2 Å². The maximum Gasteiger partial charge on any atom is 0.0409 e. The van der Waals surface area contributed by atoms with Gasteiger partial charge in [-0.3, -0.25) is 4.90 Å². The van der Waals surface area contributed by atoms with E-state index in [9.17, 15) is 0 Å². The van der Waals surface area contributed by atoms with Crippen molar-refractivity contribution in [3.8, 4) is 0 Å². The fourth-order valence-electron chi connectivity index (χ4n) is 3.60. The van der Waals surface area contributed by atoms with Gasteiger partial charge in [-0.25, -0.2) is 0 Å². The molecule has 2 nitrogen and oxygen atoms in total. The zero-order valence-electron chi connectivity index (χ0n) is 12.7. The van der Waals surface area contributed by atoms with Crippen LogP contribution in [0.4, 0.5) is 0 Å². The third-order valence-corrected chi connectivity index (χ3v) is 4.88. The Labute approximate surface area is 128 Å². The Morgan fingerprint density at radius 1 is 1.40 bits per heavy atom. The second-order valence-corrected chi connectivity index (χ2v) is 6.82. The van der Waals surface area contributed by atoms with Crippen LogP contribution in [0.2, 0.25) is 5.02 Å². The van der Waals surface area contributed by atoms with Gasteiger partial charge in [0.1, 0.15) is 0 Å². The van der Waals surface area contributed by atoms with Crippen molar-refractivity contribution in [2.45, 2.75) is 45.2 Å². The molecule has 0 bridgehead atoms. The van der Waals surface area contributed by atoms with Crippen molar-refractivity contribution in [2.75, 3.05) is 13.6 Å². The standard InChI is InChI=1S/C17H27ClN2/c1-13-5-3-7-15(9-13)17(11-19)20(2)12-14-6-4-8-16(18)10-14/h4,6,8,10,13,15,17H,3,5,7,9,11-12,19H2,1-2H3. The molecule has 0 aromatic heterocycles. The van der Waals surface area contributed by atoms with Crippen LogP contribution in [0, 0.1) is 11.8 Å². The predicted octanol–water partition coefficient (Wildman–Crippen LogP) is 3.93. The molecule has 3 heteroatoms. The Balaban J connectivity index is 1.99. The number of hydrogen-bond acceptors (Lipinski definition) is 2. The second-order valence-electron chi connectivity index (χ2n) is 6.38. The van der Waals surface area contributed by atoms with E-state index in [1.165, 1.54) is 31.2 Å². The van der Waals surface area contributed by atoms with Crippen molar-refractivity contribution < 1.29 is 0 Å². The van der Waals surface area contributed by atoms with E-state index in [1.807, 2.05) is 12.1 Å². The topological polar surface area (TPSA) is 29.3 Å². The highest BCUT2D eigenvalue weighted by molar-refractivity contribution is 6.30. The molecule has 1 saturated carbocycles. The van der Waals surface area contributed by atoms with E-state index >= 15 is 0 Å². The average molecular weight is 295 g/mol. The van der Waals surface area contributed by atoms with E-state index in [0.717, 1.165) is 29.9 Å². The summed E-state index contributed by atoms with van der Waals surface area (Å²) in [5.74, 6) is 1.59. The fraction of sp³-hybridized carbons (Fsp3) is 0.647. The van der Waals surface area contributed by atoms with E-state index in [-0.39, 0.29) is 0 Å². The molecule has 2 N–H and O–H groups in total. The molecular formula is C17H27ClN2. The van der Waals surface area contributed by atoms with Crippen LogP contribution in [0.5, 0.6) is 0 Å². The summed E-state index contributed by atoms with van der Waals surface area (Å²) in [7, 11) is 2.19. The van der Waals surface area contributed by atoms with E-state index in [4.69, 9.17) is 17.3 Å². The SMILES string of the molecule is CC1CCCC(C(CN)N(C)Cc2cccc(Cl)c2)C1. The van der Waals surface area contributed by atoms with Crippen molar-refractivity contribution in [2.24, 2.45) is 17.6 Å². The molecule has 0 spiro atoms. The summed E-state index contributed by atoms with van der Waals surface area (Å²) < 4.78 is 0. The van der Waals surface area contributed by atoms with E-state index in [0.29, 0.717) is 6.04 Å². The molecule has 0 saturated heterocycles. The van der Waals surface area contributed by atoms with E-state index < -0.39 is 0 Å². The van der Waals surface area contributed by atoms with Crippen LogP contribution in [-0.4, -0.2) is 24.5 Å². The van der Waals surface area contributed by atoms with Gasteiger partial charge in [0.15, 0.2) is 0 Å². The number of nitrogens with zero attached hydrogens (tertiary/aromatic N) is 1. The van der Waals surface area contributed by atoms with Gasteiger partial charge in [-0.15, -0.1) is 0 Å². The van der Waals surface area contributed by atoms with Crippen molar-refractivity contribution in [3.63, 3.8) is 0 Å². The largest absolute Gasteiger partial charge is 0.329 e. The Hall–Kier alpha value is -0.570. The van der Waals surface area contributed by atoms with Gasteiger partial charge < -0.3 is 5.73 Å². The molecule has 0 radical (unpaired) electrons. The summed E-state index contributed by atoms with van der Waals surface area (Å²) in [6.07, 6.45) is 5.38. The molecule has 20 heavy (non-hydrogen) atoms. The van der Waals surface area contributed by atoms with Crippen LogP contribution in [0.15, 0.2) is 24.3 Å². The van der Waals surface area contributed by atoms with Crippen molar-refractivity contribution in [3.05, 3.63) is 34.9 Å². The average Bonchev–Trinajstić information content (AvgIpc) is 2.39. The molecule has 1 fully saturated rings. The van der Waals surface area contributed by atoms with Crippen LogP contribution in [-0.2, 0) is 6.54 Å². The highest BCUT2D eigenvalue weighted by Gasteiger charge is 2.28. The van der Waals surface area contributed by atoms with Crippen LogP contribution in [0.3, 0.4) is 0 Å². The predicted molar refractivity (Wildman–Crippen MR) is 86.9 cm³/mol. The van der Waals surface area contributed by atoms with E-state index in [2.05, 4.69) is 31.0 Å². The third kappa shape index (κ3) is 4.21. The minimum Gasteiger partial charge on any atom is -0.329 e. The van der Waals surface area contributed by atoms with Gasteiger partial charge >= 0.3 is 0 Å². The summed E-state index contributed by atoms with van der Waals surface area (Å²) in [5, 5.41) is 0.812. The molecule has 3 unspecified atom stereocenters. The molecule has 3 atom stereocenters. The summed E-state index contributed by atoms with van der Waals surface area (Å²) in [6.45, 7) is 4.04. The summed E-state index contributed by atoms with van der Waals surface area (Å²) >= 11 is 6.07. The van der Waals surface area contributed by atoms with Gasteiger partial charge in [-0.05, 0) is 49.4 Å². The second kappa shape index (κ2) is 7.44. The molecule has 1 aromatic rings. The minimum absolute atomic E-state index is 0.483. The maximum absolute atomic E-state index is 6.07.